The quantitative estimate of drug-likeness (QED) is 0.882. The number of fused-ring (bicyclic) bond motifs is 2. The van der Waals surface area contributed by atoms with Gasteiger partial charge in [-0.15, -0.1) is 0 Å². The van der Waals surface area contributed by atoms with Gasteiger partial charge in [0, 0.05) is 0 Å². The van der Waals surface area contributed by atoms with Crippen LogP contribution in [0, 0.1) is 0 Å². The molecule has 0 aliphatic carbocycles. The second-order valence-corrected chi connectivity index (χ2v) is 3.84. The largest absolute Gasteiger partial charge is 0.495 e. The Bertz CT molecular complexity index is 626. The zero-order chi connectivity index (χ0) is 12.7. The summed E-state index contributed by atoms with van der Waals surface area (Å²) in [6.45, 7) is 0. The SMILES string of the molecule is COc1c2c(c(OC)c3occc13)OC(O)C=C2. The summed E-state index contributed by atoms with van der Waals surface area (Å²) in [5.41, 5.74) is 1.27. The van der Waals surface area contributed by atoms with Crippen LogP contribution in [-0.4, -0.2) is 25.6 Å². The van der Waals surface area contributed by atoms with Crippen molar-refractivity contribution < 1.29 is 23.7 Å². The molecule has 1 aliphatic rings. The number of aliphatic hydroxyl groups is 1. The lowest BCUT2D eigenvalue weighted by Gasteiger charge is -2.21. The van der Waals surface area contributed by atoms with Crippen LogP contribution in [0.2, 0.25) is 0 Å². The molecule has 0 radical (unpaired) electrons. The molecule has 2 aromatic rings. The van der Waals surface area contributed by atoms with Gasteiger partial charge in [0.15, 0.2) is 11.3 Å². The Labute approximate surface area is 103 Å². The molecule has 0 saturated heterocycles. The fourth-order valence-corrected chi connectivity index (χ4v) is 2.15. The van der Waals surface area contributed by atoms with Gasteiger partial charge in [0.05, 0.1) is 31.4 Å². The average molecular weight is 248 g/mol. The van der Waals surface area contributed by atoms with Gasteiger partial charge in [0.25, 0.3) is 0 Å². The van der Waals surface area contributed by atoms with Crippen LogP contribution < -0.4 is 14.2 Å². The van der Waals surface area contributed by atoms with Crippen molar-refractivity contribution in [2.45, 2.75) is 6.29 Å². The van der Waals surface area contributed by atoms with Crippen molar-refractivity contribution >= 4 is 17.0 Å². The third-order valence-electron chi connectivity index (χ3n) is 2.89. The first-order valence-electron chi connectivity index (χ1n) is 5.44. The number of aliphatic hydroxyl groups excluding tert-OH is 1. The van der Waals surface area contributed by atoms with E-state index in [1.165, 1.54) is 13.2 Å². The van der Waals surface area contributed by atoms with Gasteiger partial charge in [0.2, 0.25) is 12.0 Å². The second-order valence-electron chi connectivity index (χ2n) is 3.84. The van der Waals surface area contributed by atoms with Gasteiger partial charge >= 0.3 is 0 Å². The zero-order valence-corrected chi connectivity index (χ0v) is 9.97. The van der Waals surface area contributed by atoms with Crippen LogP contribution in [0.15, 0.2) is 22.8 Å². The van der Waals surface area contributed by atoms with Crippen molar-refractivity contribution in [3.8, 4) is 17.2 Å². The van der Waals surface area contributed by atoms with Crippen LogP contribution >= 0.6 is 0 Å². The summed E-state index contributed by atoms with van der Waals surface area (Å²) in [6.07, 6.45) is 3.85. The summed E-state index contributed by atoms with van der Waals surface area (Å²) >= 11 is 0. The van der Waals surface area contributed by atoms with Crippen molar-refractivity contribution in [3.05, 3.63) is 24.0 Å². The van der Waals surface area contributed by atoms with Crippen molar-refractivity contribution in [2.75, 3.05) is 14.2 Å². The van der Waals surface area contributed by atoms with E-state index in [-0.39, 0.29) is 0 Å². The first kappa shape index (κ1) is 11.0. The van der Waals surface area contributed by atoms with Crippen molar-refractivity contribution in [2.24, 2.45) is 0 Å². The topological polar surface area (TPSA) is 61.1 Å². The highest BCUT2D eigenvalue weighted by molar-refractivity contribution is 5.96. The standard InChI is InChI=1S/C13H12O5/c1-15-10-7-3-4-9(14)18-12(7)13(16-2)11-8(10)5-6-17-11/h3-6,9,14H,1-2H3. The van der Waals surface area contributed by atoms with Gasteiger partial charge in [-0.05, 0) is 18.2 Å². The molecule has 1 N–H and O–H groups in total. The predicted molar refractivity (Wildman–Crippen MR) is 65.0 cm³/mol. The lowest BCUT2D eigenvalue weighted by molar-refractivity contribution is 0.0209. The van der Waals surface area contributed by atoms with Crippen LogP contribution in [0.1, 0.15) is 5.56 Å². The molecule has 0 bridgehead atoms. The van der Waals surface area contributed by atoms with Crippen molar-refractivity contribution in [1.29, 1.82) is 0 Å². The number of methoxy groups -OCH3 is 2. The third kappa shape index (κ3) is 1.37. The molecule has 3 rings (SSSR count). The van der Waals surface area contributed by atoms with Crippen LogP contribution in [0.4, 0.5) is 0 Å². The van der Waals surface area contributed by atoms with Crippen molar-refractivity contribution in [3.63, 3.8) is 0 Å². The van der Waals surface area contributed by atoms with Gasteiger partial charge in [-0.2, -0.15) is 0 Å². The Morgan fingerprint density at radius 1 is 1.22 bits per heavy atom. The van der Waals surface area contributed by atoms with E-state index in [1.807, 2.05) is 0 Å². The molecule has 1 atom stereocenters. The van der Waals surface area contributed by atoms with E-state index in [0.29, 0.717) is 22.8 Å². The molecular formula is C13H12O5. The predicted octanol–water partition coefficient (Wildman–Crippen LogP) is 2.17. The molecule has 1 aromatic heterocycles. The van der Waals surface area contributed by atoms with Crippen LogP contribution in [0.25, 0.3) is 17.0 Å². The van der Waals surface area contributed by atoms with Gasteiger partial charge in [-0.25, -0.2) is 0 Å². The normalized spacial score (nSPS) is 17.4. The number of benzene rings is 1. The fraction of sp³-hybridized carbons (Fsp3) is 0.231. The molecule has 5 nitrogen and oxygen atoms in total. The van der Waals surface area contributed by atoms with E-state index in [9.17, 15) is 5.11 Å². The lowest BCUT2D eigenvalue weighted by Crippen LogP contribution is -2.16. The Morgan fingerprint density at radius 3 is 2.72 bits per heavy atom. The van der Waals surface area contributed by atoms with Crippen LogP contribution in [0.3, 0.4) is 0 Å². The Kier molecular flexibility index (Phi) is 2.41. The van der Waals surface area contributed by atoms with E-state index in [0.717, 1.165) is 10.9 Å². The highest BCUT2D eigenvalue weighted by Gasteiger charge is 2.26. The molecule has 0 saturated carbocycles. The number of rotatable bonds is 2. The van der Waals surface area contributed by atoms with Gasteiger partial charge in [-0.1, -0.05) is 0 Å². The Hall–Kier alpha value is -2.14. The minimum Gasteiger partial charge on any atom is -0.495 e. The maximum absolute atomic E-state index is 9.53. The number of ether oxygens (including phenoxy) is 3. The lowest BCUT2D eigenvalue weighted by atomic mass is 10.1. The molecule has 1 unspecified atom stereocenters. The van der Waals surface area contributed by atoms with Crippen LogP contribution in [-0.2, 0) is 0 Å². The highest BCUT2D eigenvalue weighted by atomic mass is 16.6. The molecule has 0 amide bonds. The van der Waals surface area contributed by atoms with E-state index in [1.54, 1.807) is 25.5 Å². The number of hydrogen-bond acceptors (Lipinski definition) is 5. The molecule has 2 heterocycles. The van der Waals surface area contributed by atoms with Crippen molar-refractivity contribution in [1.82, 2.24) is 0 Å². The first-order chi connectivity index (χ1) is 8.76. The molecular weight excluding hydrogens is 236 g/mol. The van der Waals surface area contributed by atoms with E-state index in [2.05, 4.69) is 0 Å². The molecule has 1 aliphatic heterocycles. The summed E-state index contributed by atoms with van der Waals surface area (Å²) < 4.78 is 21.5. The number of furan rings is 1. The van der Waals surface area contributed by atoms with E-state index < -0.39 is 6.29 Å². The molecule has 1 aromatic carbocycles. The number of hydrogen-bond donors (Lipinski definition) is 1. The monoisotopic (exact) mass is 248 g/mol. The van der Waals surface area contributed by atoms with E-state index in [4.69, 9.17) is 18.6 Å². The van der Waals surface area contributed by atoms with Crippen LogP contribution in [0.5, 0.6) is 17.2 Å². The summed E-state index contributed by atoms with van der Waals surface area (Å²) in [4.78, 5) is 0. The molecule has 0 spiro atoms. The molecule has 5 heteroatoms. The molecule has 94 valence electrons. The third-order valence-corrected chi connectivity index (χ3v) is 2.89. The maximum Gasteiger partial charge on any atom is 0.217 e. The average Bonchev–Trinajstić information content (AvgIpc) is 2.84. The van der Waals surface area contributed by atoms with Gasteiger partial charge in [0.1, 0.15) is 5.75 Å². The first-order valence-corrected chi connectivity index (χ1v) is 5.44. The minimum absolute atomic E-state index is 0.423. The van der Waals surface area contributed by atoms with E-state index >= 15 is 0 Å². The minimum atomic E-state index is -0.997. The highest BCUT2D eigenvalue weighted by Crippen LogP contribution is 2.48. The summed E-state index contributed by atoms with van der Waals surface area (Å²) in [6, 6.07) is 1.80. The van der Waals surface area contributed by atoms with Gasteiger partial charge < -0.3 is 23.7 Å². The Morgan fingerprint density at radius 2 is 2.00 bits per heavy atom. The summed E-state index contributed by atoms with van der Waals surface area (Å²) in [7, 11) is 3.10. The fourth-order valence-electron chi connectivity index (χ4n) is 2.15. The maximum atomic E-state index is 9.53. The molecule has 0 fully saturated rings. The second kappa shape index (κ2) is 3.96. The zero-order valence-electron chi connectivity index (χ0n) is 9.97. The summed E-state index contributed by atoms with van der Waals surface area (Å²) in [5, 5.41) is 10.3. The Balaban J connectivity index is 2.41. The summed E-state index contributed by atoms with van der Waals surface area (Å²) in [5.74, 6) is 1.51. The molecule has 18 heavy (non-hydrogen) atoms. The smallest absolute Gasteiger partial charge is 0.217 e. The van der Waals surface area contributed by atoms with Gasteiger partial charge in [-0.3, -0.25) is 0 Å².